The van der Waals surface area contributed by atoms with Crippen LogP contribution in [0.2, 0.25) is 0 Å². The highest BCUT2D eigenvalue weighted by Gasteiger charge is 1.84. The van der Waals surface area contributed by atoms with Crippen LogP contribution in [0.5, 0.6) is 5.88 Å². The molecule has 1 rings (SSSR count). The summed E-state index contributed by atoms with van der Waals surface area (Å²) in [6.07, 6.45) is 1.63. The largest absolute Gasteiger partial charge is 0.465 e. The van der Waals surface area contributed by atoms with E-state index in [0.29, 0.717) is 5.88 Å². The molecular formula is C4H4N2O. The summed E-state index contributed by atoms with van der Waals surface area (Å²) in [4.78, 5) is 0. The van der Waals surface area contributed by atoms with Crippen LogP contribution in [-0.4, -0.2) is 10.2 Å². The lowest BCUT2D eigenvalue weighted by molar-refractivity contribution is 0.452. The van der Waals surface area contributed by atoms with E-state index in [2.05, 4.69) is 14.9 Å². The Bertz CT molecular complexity index is 124. The van der Waals surface area contributed by atoms with E-state index in [9.17, 15) is 0 Å². The molecule has 0 bridgehead atoms. The third-order valence-corrected chi connectivity index (χ3v) is 0.596. The Balaban J connectivity index is 2.76. The van der Waals surface area contributed by atoms with Gasteiger partial charge in [0.1, 0.15) is 0 Å². The van der Waals surface area contributed by atoms with Crippen LogP contribution in [-0.2, 0) is 0 Å². The molecule has 0 saturated heterocycles. The van der Waals surface area contributed by atoms with Crippen LogP contribution in [0.3, 0.4) is 0 Å². The maximum atomic E-state index is 4.71. The number of ether oxygens (including phenoxy) is 1. The molecule has 0 unspecified atom stereocenters. The minimum atomic E-state index is 0.403. The number of hydrogen-bond acceptors (Lipinski definition) is 2. The van der Waals surface area contributed by atoms with Gasteiger partial charge >= 0.3 is 0 Å². The first-order valence-corrected chi connectivity index (χ1v) is 1.80. The lowest BCUT2D eigenvalue weighted by atomic mass is 10.7. The summed E-state index contributed by atoms with van der Waals surface area (Å²) in [7, 11) is 4.71. The maximum absolute atomic E-state index is 4.71. The number of aromatic amines is 1. The second kappa shape index (κ2) is 1.64. The van der Waals surface area contributed by atoms with Crippen molar-refractivity contribution in [2.45, 2.75) is 0 Å². The molecule has 3 nitrogen and oxygen atoms in total. The zero-order chi connectivity index (χ0) is 5.11. The summed E-state index contributed by atoms with van der Waals surface area (Å²) in [5.41, 5.74) is 0. The fourth-order valence-electron chi connectivity index (χ4n) is 0.312. The van der Waals surface area contributed by atoms with Crippen molar-refractivity contribution in [3.05, 3.63) is 19.4 Å². The van der Waals surface area contributed by atoms with Crippen molar-refractivity contribution in [3.63, 3.8) is 0 Å². The van der Waals surface area contributed by atoms with Gasteiger partial charge in [0.25, 0.3) is 0 Å². The molecule has 1 N–H and O–H groups in total. The quantitative estimate of drug-likeness (QED) is 0.551. The van der Waals surface area contributed by atoms with Gasteiger partial charge in [0.2, 0.25) is 5.88 Å². The van der Waals surface area contributed by atoms with Gasteiger partial charge in [0.15, 0.2) is 7.11 Å². The van der Waals surface area contributed by atoms with Gasteiger partial charge < -0.3 is 4.74 Å². The van der Waals surface area contributed by atoms with Crippen LogP contribution in [0.1, 0.15) is 0 Å². The van der Waals surface area contributed by atoms with Crippen molar-refractivity contribution < 1.29 is 4.74 Å². The molecule has 3 heteroatoms. The highest BCUT2D eigenvalue weighted by atomic mass is 16.5. The summed E-state index contributed by atoms with van der Waals surface area (Å²) in [6, 6.07) is 1.62. The summed E-state index contributed by atoms with van der Waals surface area (Å²) in [5.74, 6) is 0.403. The summed E-state index contributed by atoms with van der Waals surface area (Å²) >= 11 is 0. The molecule has 0 atom stereocenters. The average molecular weight is 96.1 g/mol. The molecule has 0 aliphatic heterocycles. The van der Waals surface area contributed by atoms with Crippen molar-refractivity contribution in [2.75, 3.05) is 0 Å². The second-order valence-electron chi connectivity index (χ2n) is 1.03. The molecule has 0 fully saturated rings. The molecule has 0 amide bonds. The van der Waals surface area contributed by atoms with Crippen LogP contribution < -0.4 is 4.74 Å². The Hall–Kier alpha value is -0.990. The van der Waals surface area contributed by atoms with Crippen LogP contribution >= 0.6 is 0 Å². The van der Waals surface area contributed by atoms with Crippen LogP contribution in [0.15, 0.2) is 12.3 Å². The number of H-pyrrole nitrogens is 1. The summed E-state index contributed by atoms with van der Waals surface area (Å²) in [6.45, 7) is 0. The lowest BCUT2D eigenvalue weighted by Gasteiger charge is -1.82. The van der Waals surface area contributed by atoms with Gasteiger partial charge in [0, 0.05) is 12.3 Å². The summed E-state index contributed by atoms with van der Waals surface area (Å²) < 4.78 is 4.21. The van der Waals surface area contributed by atoms with E-state index in [0.717, 1.165) is 0 Å². The first-order chi connectivity index (χ1) is 3.43. The molecule has 0 aliphatic rings. The smallest absolute Gasteiger partial charge is 0.233 e. The Labute approximate surface area is 41.3 Å². The van der Waals surface area contributed by atoms with Gasteiger partial charge in [-0.1, -0.05) is 0 Å². The molecule has 1 heterocycles. The molecule has 0 saturated carbocycles. The first-order valence-electron chi connectivity index (χ1n) is 1.80. The maximum Gasteiger partial charge on any atom is 0.233 e. The minimum Gasteiger partial charge on any atom is -0.465 e. The second-order valence-corrected chi connectivity index (χ2v) is 1.03. The van der Waals surface area contributed by atoms with Crippen molar-refractivity contribution in [3.8, 4) is 5.88 Å². The van der Waals surface area contributed by atoms with Crippen LogP contribution in [0.4, 0.5) is 0 Å². The minimum absolute atomic E-state index is 0.403. The SMILES string of the molecule is [CH]Oc1cc[nH]n1. The van der Waals surface area contributed by atoms with E-state index < -0.39 is 0 Å². The number of nitrogens with one attached hydrogen (secondary N) is 1. The number of nitrogens with zero attached hydrogens (tertiary/aromatic N) is 1. The molecule has 0 aliphatic carbocycles. The lowest BCUT2D eigenvalue weighted by Crippen LogP contribution is -1.76. The molecular weight excluding hydrogens is 92.1 g/mol. The molecule has 36 valence electrons. The first kappa shape index (κ1) is 4.18. The zero-order valence-corrected chi connectivity index (χ0v) is 3.59. The summed E-state index contributed by atoms with van der Waals surface area (Å²) in [5, 5.41) is 6.09. The fourth-order valence-corrected chi connectivity index (χ4v) is 0.312. The van der Waals surface area contributed by atoms with Crippen LogP contribution in [0, 0.1) is 7.11 Å². The van der Waals surface area contributed by atoms with E-state index >= 15 is 0 Å². The third-order valence-electron chi connectivity index (χ3n) is 0.596. The standard InChI is InChI=1S/C4H4N2O/c1-7-4-2-3-5-6-4/h1-3H,(H,5,6). The van der Waals surface area contributed by atoms with Gasteiger partial charge in [-0.25, -0.2) is 0 Å². The highest BCUT2D eigenvalue weighted by molar-refractivity contribution is 5.03. The van der Waals surface area contributed by atoms with E-state index in [1.54, 1.807) is 12.3 Å². The number of aromatic nitrogens is 2. The number of rotatable bonds is 1. The molecule has 1 aromatic heterocycles. The Morgan fingerprint density at radius 2 is 2.71 bits per heavy atom. The van der Waals surface area contributed by atoms with E-state index in [-0.39, 0.29) is 0 Å². The van der Waals surface area contributed by atoms with Gasteiger partial charge in [-0.05, 0) is 0 Å². The third kappa shape index (κ3) is 0.707. The van der Waals surface area contributed by atoms with Gasteiger partial charge in [0.05, 0.1) is 0 Å². The van der Waals surface area contributed by atoms with Gasteiger partial charge in [-0.3, -0.25) is 5.10 Å². The van der Waals surface area contributed by atoms with Crippen molar-refractivity contribution in [1.29, 1.82) is 0 Å². The average Bonchev–Trinajstić information content (AvgIpc) is 2.14. The Morgan fingerprint density at radius 1 is 1.86 bits per heavy atom. The highest BCUT2D eigenvalue weighted by Crippen LogP contribution is 1.98. The Morgan fingerprint density at radius 3 is 3.00 bits per heavy atom. The van der Waals surface area contributed by atoms with Gasteiger partial charge in [-0.15, -0.1) is 5.10 Å². The van der Waals surface area contributed by atoms with Crippen molar-refractivity contribution >= 4 is 0 Å². The van der Waals surface area contributed by atoms with E-state index in [4.69, 9.17) is 7.11 Å². The predicted molar refractivity (Wildman–Crippen MR) is 23.5 cm³/mol. The Kier molecular flexibility index (Phi) is 0.978. The molecule has 2 radical (unpaired) electrons. The van der Waals surface area contributed by atoms with Gasteiger partial charge in [-0.2, -0.15) is 0 Å². The normalized spacial score (nSPS) is 8.71. The molecule has 7 heavy (non-hydrogen) atoms. The number of hydrogen-bond donors (Lipinski definition) is 1. The molecule has 1 aromatic rings. The molecule has 0 aromatic carbocycles. The molecule has 0 spiro atoms. The van der Waals surface area contributed by atoms with Crippen LogP contribution in [0.25, 0.3) is 0 Å². The fraction of sp³-hybridized carbons (Fsp3) is 0. The van der Waals surface area contributed by atoms with E-state index in [1.807, 2.05) is 0 Å². The van der Waals surface area contributed by atoms with Crippen molar-refractivity contribution in [1.82, 2.24) is 10.2 Å². The monoisotopic (exact) mass is 96.0 g/mol. The topological polar surface area (TPSA) is 37.9 Å². The predicted octanol–water partition coefficient (Wildman–Crippen LogP) is 0.457. The zero-order valence-electron chi connectivity index (χ0n) is 3.59. The van der Waals surface area contributed by atoms with E-state index in [1.165, 1.54) is 0 Å². The van der Waals surface area contributed by atoms with Crippen molar-refractivity contribution in [2.24, 2.45) is 0 Å².